The number of amides is 1. The van der Waals surface area contributed by atoms with Gasteiger partial charge in [-0.15, -0.1) is 0 Å². The van der Waals surface area contributed by atoms with Crippen LogP contribution in [0.3, 0.4) is 0 Å². The van der Waals surface area contributed by atoms with E-state index in [4.69, 9.17) is 10.5 Å². The Hall–Kier alpha value is -3.97. The number of nitrogens with two attached hydrogens (primary N) is 1. The molecule has 0 spiro atoms. The number of nitrogens with one attached hydrogen (secondary N) is 3. The summed E-state index contributed by atoms with van der Waals surface area (Å²) in [5, 5.41) is 11.9. The summed E-state index contributed by atoms with van der Waals surface area (Å²) in [6.45, 7) is 5.04. The number of fused-ring (bicyclic) bond motifs is 1. The number of aromatic nitrogens is 5. The van der Waals surface area contributed by atoms with Crippen LogP contribution in [-0.2, 0) is 17.3 Å². The van der Waals surface area contributed by atoms with Crippen molar-refractivity contribution in [2.24, 2.45) is 5.73 Å². The number of hydrogen-bond donors (Lipinski definition) is 4. The smallest absolute Gasteiger partial charge is 0.378 e. The van der Waals surface area contributed by atoms with Gasteiger partial charge in [0.25, 0.3) is 5.91 Å². The van der Waals surface area contributed by atoms with Gasteiger partial charge in [0.1, 0.15) is 0 Å². The molecule has 0 aliphatic carbocycles. The van der Waals surface area contributed by atoms with Crippen molar-refractivity contribution < 1.29 is 22.7 Å². The van der Waals surface area contributed by atoms with E-state index in [0.29, 0.717) is 55.4 Å². The number of H-pyrrole nitrogens is 1. The normalized spacial score (nSPS) is 11.7. The van der Waals surface area contributed by atoms with Gasteiger partial charge in [0.15, 0.2) is 17.2 Å². The predicted molar refractivity (Wildman–Crippen MR) is 132 cm³/mol. The molecule has 0 saturated heterocycles. The van der Waals surface area contributed by atoms with Gasteiger partial charge in [0, 0.05) is 42.4 Å². The first-order valence-electron chi connectivity index (χ1n) is 11.6. The van der Waals surface area contributed by atoms with Crippen LogP contribution in [0.5, 0.6) is 0 Å². The predicted octanol–water partition coefficient (Wildman–Crippen LogP) is 3.46. The van der Waals surface area contributed by atoms with Crippen LogP contribution in [0, 0.1) is 6.92 Å². The fourth-order valence-corrected chi connectivity index (χ4v) is 3.98. The van der Waals surface area contributed by atoms with E-state index < -0.39 is 11.9 Å². The SMILES string of the molecule is CCc1cc(Nc2nccn3c(-c4c(C(F)(F)F)n[nH]c4C)cnc23)ccc1C(=O)NCCOCCN. The molecule has 37 heavy (non-hydrogen) atoms. The summed E-state index contributed by atoms with van der Waals surface area (Å²) < 4.78 is 47.4. The summed E-state index contributed by atoms with van der Waals surface area (Å²) >= 11 is 0. The molecule has 0 aliphatic rings. The number of aryl methyl sites for hydroxylation is 2. The molecule has 4 aromatic rings. The van der Waals surface area contributed by atoms with Crippen molar-refractivity contribution >= 4 is 23.1 Å². The number of halogens is 3. The van der Waals surface area contributed by atoms with Gasteiger partial charge in [0.05, 0.1) is 30.7 Å². The monoisotopic (exact) mass is 516 g/mol. The molecule has 5 N–H and O–H groups in total. The molecule has 13 heteroatoms. The molecule has 196 valence electrons. The molecule has 0 fully saturated rings. The number of aromatic amines is 1. The highest BCUT2D eigenvalue weighted by Gasteiger charge is 2.38. The lowest BCUT2D eigenvalue weighted by Crippen LogP contribution is -2.28. The van der Waals surface area contributed by atoms with E-state index in [2.05, 4.69) is 30.8 Å². The van der Waals surface area contributed by atoms with Gasteiger partial charge in [-0.1, -0.05) is 6.92 Å². The minimum atomic E-state index is -4.62. The molecular formula is C24H27F3N8O2. The summed E-state index contributed by atoms with van der Waals surface area (Å²) in [4.78, 5) is 21.3. The van der Waals surface area contributed by atoms with Crippen LogP contribution >= 0.6 is 0 Å². The Labute approximate surface area is 210 Å². The van der Waals surface area contributed by atoms with Crippen molar-refractivity contribution in [1.29, 1.82) is 0 Å². The number of anilines is 2. The van der Waals surface area contributed by atoms with Crippen LogP contribution in [-0.4, -0.2) is 56.8 Å². The fraction of sp³-hybridized carbons (Fsp3) is 0.333. The highest BCUT2D eigenvalue weighted by Crippen LogP contribution is 2.38. The van der Waals surface area contributed by atoms with Crippen molar-refractivity contribution in [2.75, 3.05) is 31.6 Å². The molecule has 1 aromatic carbocycles. The quantitative estimate of drug-likeness (QED) is 0.237. The Bertz CT molecular complexity index is 1400. The Morgan fingerprint density at radius 2 is 2.05 bits per heavy atom. The van der Waals surface area contributed by atoms with Gasteiger partial charge in [-0.2, -0.15) is 18.3 Å². The highest BCUT2D eigenvalue weighted by atomic mass is 19.4. The van der Waals surface area contributed by atoms with Gasteiger partial charge in [-0.3, -0.25) is 14.3 Å². The molecule has 3 heterocycles. The van der Waals surface area contributed by atoms with Crippen LogP contribution < -0.4 is 16.4 Å². The maximum Gasteiger partial charge on any atom is 0.435 e. The average molecular weight is 517 g/mol. The molecule has 0 atom stereocenters. The van der Waals surface area contributed by atoms with Crippen molar-refractivity contribution in [2.45, 2.75) is 26.4 Å². The van der Waals surface area contributed by atoms with Crippen LogP contribution in [0.25, 0.3) is 16.9 Å². The molecule has 0 bridgehead atoms. The van der Waals surface area contributed by atoms with Crippen LogP contribution in [0.4, 0.5) is 24.7 Å². The number of carbonyl (C=O) groups is 1. The zero-order chi connectivity index (χ0) is 26.6. The summed E-state index contributed by atoms with van der Waals surface area (Å²) in [6.07, 6.45) is 0.348. The number of rotatable bonds is 10. The minimum Gasteiger partial charge on any atom is -0.378 e. The third kappa shape index (κ3) is 5.57. The average Bonchev–Trinajstić information content (AvgIpc) is 3.47. The summed E-state index contributed by atoms with van der Waals surface area (Å²) in [6, 6.07) is 5.27. The molecule has 0 radical (unpaired) electrons. The second-order valence-electron chi connectivity index (χ2n) is 8.19. The summed E-state index contributed by atoms with van der Waals surface area (Å²) in [5.41, 5.74) is 7.14. The van der Waals surface area contributed by atoms with E-state index >= 15 is 0 Å². The lowest BCUT2D eigenvalue weighted by molar-refractivity contribution is -0.140. The van der Waals surface area contributed by atoms with Crippen molar-refractivity contribution in [3.05, 3.63) is 59.3 Å². The molecule has 10 nitrogen and oxygen atoms in total. The van der Waals surface area contributed by atoms with E-state index in [1.54, 1.807) is 12.1 Å². The molecule has 0 unspecified atom stereocenters. The largest absolute Gasteiger partial charge is 0.435 e. The summed E-state index contributed by atoms with van der Waals surface area (Å²) in [7, 11) is 0. The number of imidazole rings is 1. The number of nitrogens with zero attached hydrogens (tertiary/aromatic N) is 4. The van der Waals surface area contributed by atoms with E-state index in [1.165, 1.54) is 29.9 Å². The van der Waals surface area contributed by atoms with E-state index in [9.17, 15) is 18.0 Å². The molecule has 1 amide bonds. The Balaban J connectivity index is 1.59. The first-order chi connectivity index (χ1) is 17.7. The maximum atomic E-state index is 13.5. The second kappa shape index (κ2) is 11.0. The van der Waals surface area contributed by atoms with Gasteiger partial charge in [0.2, 0.25) is 0 Å². The van der Waals surface area contributed by atoms with E-state index in [0.717, 1.165) is 5.56 Å². The zero-order valence-electron chi connectivity index (χ0n) is 20.3. The Morgan fingerprint density at radius 1 is 1.24 bits per heavy atom. The van der Waals surface area contributed by atoms with E-state index in [-0.39, 0.29) is 22.9 Å². The molecule has 3 aromatic heterocycles. The van der Waals surface area contributed by atoms with Crippen molar-refractivity contribution in [1.82, 2.24) is 29.9 Å². The van der Waals surface area contributed by atoms with Crippen molar-refractivity contribution in [3.8, 4) is 11.3 Å². The number of carbonyl (C=O) groups excluding carboxylic acids is 1. The van der Waals surface area contributed by atoms with Crippen molar-refractivity contribution in [3.63, 3.8) is 0 Å². The highest BCUT2D eigenvalue weighted by molar-refractivity contribution is 5.96. The maximum absolute atomic E-state index is 13.5. The molecule has 0 saturated carbocycles. The number of hydrogen-bond acceptors (Lipinski definition) is 7. The molecule has 4 rings (SSSR count). The first kappa shape index (κ1) is 26.1. The van der Waals surface area contributed by atoms with Gasteiger partial charge in [-0.05, 0) is 37.1 Å². The Morgan fingerprint density at radius 3 is 2.78 bits per heavy atom. The number of benzene rings is 1. The van der Waals surface area contributed by atoms with Crippen LogP contribution in [0.1, 0.15) is 34.2 Å². The first-order valence-corrected chi connectivity index (χ1v) is 11.6. The number of alkyl halides is 3. The van der Waals surface area contributed by atoms with Gasteiger partial charge in [-0.25, -0.2) is 9.97 Å². The number of ether oxygens (including phenoxy) is 1. The summed E-state index contributed by atoms with van der Waals surface area (Å²) in [5.74, 6) is 0.133. The van der Waals surface area contributed by atoms with Gasteiger partial charge < -0.3 is 21.1 Å². The molecule has 0 aliphatic heterocycles. The lowest BCUT2D eigenvalue weighted by atomic mass is 10.0. The lowest BCUT2D eigenvalue weighted by Gasteiger charge is -2.13. The fourth-order valence-electron chi connectivity index (χ4n) is 3.98. The van der Waals surface area contributed by atoms with Crippen LogP contribution in [0.15, 0.2) is 36.8 Å². The third-order valence-corrected chi connectivity index (χ3v) is 5.69. The third-order valence-electron chi connectivity index (χ3n) is 5.69. The Kier molecular flexibility index (Phi) is 7.74. The van der Waals surface area contributed by atoms with Crippen LogP contribution in [0.2, 0.25) is 0 Å². The minimum absolute atomic E-state index is 0.0748. The van der Waals surface area contributed by atoms with Gasteiger partial charge >= 0.3 is 6.18 Å². The zero-order valence-corrected chi connectivity index (χ0v) is 20.3. The van der Waals surface area contributed by atoms with E-state index in [1.807, 2.05) is 13.0 Å². The topological polar surface area (TPSA) is 135 Å². The molecular weight excluding hydrogens is 489 g/mol. The standard InChI is InChI=1S/C24H27F3N8O2/c1-3-15-12-16(4-5-17(15)23(36)30-8-11-37-10-6-28)32-21-22-31-13-18(35(22)9-7-29-21)19-14(2)33-34-20(19)24(25,26)27/h4-5,7,9,12-13H,3,6,8,10-11,28H2,1-2H3,(H,29,32)(H,30,36)(H,33,34). The second-order valence-corrected chi connectivity index (χ2v) is 8.19.